The van der Waals surface area contributed by atoms with E-state index in [2.05, 4.69) is 9.97 Å². The van der Waals surface area contributed by atoms with E-state index < -0.39 is 10.7 Å². The Kier molecular flexibility index (Phi) is 3.31. The molecule has 8 heteroatoms. The SMILES string of the molecule is Nc1cnc([N+](=O)[O-])c(-c2ccc(Cl)cc2Cl)n1. The van der Waals surface area contributed by atoms with Crippen LogP contribution in [0.25, 0.3) is 11.3 Å². The molecule has 18 heavy (non-hydrogen) atoms. The highest BCUT2D eigenvalue weighted by Gasteiger charge is 2.21. The lowest BCUT2D eigenvalue weighted by Gasteiger charge is -2.05. The van der Waals surface area contributed by atoms with Crippen molar-refractivity contribution in [1.29, 1.82) is 0 Å². The number of halogens is 2. The van der Waals surface area contributed by atoms with Gasteiger partial charge in [0.1, 0.15) is 0 Å². The molecular weight excluding hydrogens is 279 g/mol. The zero-order valence-electron chi connectivity index (χ0n) is 8.80. The van der Waals surface area contributed by atoms with Crippen LogP contribution in [0.3, 0.4) is 0 Å². The standard InChI is InChI=1S/C10H6Cl2N4O2/c11-5-1-2-6(7(12)3-5)9-10(16(17)18)14-4-8(13)15-9/h1-4H,(H2,13,15). The van der Waals surface area contributed by atoms with Gasteiger partial charge in [0, 0.05) is 10.6 Å². The fourth-order valence-corrected chi connectivity index (χ4v) is 1.89. The normalized spacial score (nSPS) is 10.3. The van der Waals surface area contributed by atoms with E-state index in [1.165, 1.54) is 12.1 Å². The van der Waals surface area contributed by atoms with Crippen LogP contribution in [-0.4, -0.2) is 14.9 Å². The van der Waals surface area contributed by atoms with E-state index >= 15 is 0 Å². The zero-order valence-corrected chi connectivity index (χ0v) is 10.3. The van der Waals surface area contributed by atoms with Gasteiger partial charge >= 0.3 is 5.82 Å². The second-order valence-electron chi connectivity index (χ2n) is 3.35. The molecule has 0 radical (unpaired) electrons. The molecule has 2 rings (SSSR count). The van der Waals surface area contributed by atoms with E-state index in [0.717, 1.165) is 6.20 Å². The summed E-state index contributed by atoms with van der Waals surface area (Å²) >= 11 is 11.7. The molecule has 2 aromatic rings. The number of benzene rings is 1. The molecule has 0 aliphatic carbocycles. The molecule has 0 bridgehead atoms. The number of hydrogen-bond donors (Lipinski definition) is 1. The Bertz CT molecular complexity index is 633. The van der Waals surface area contributed by atoms with Crippen LogP contribution in [0.2, 0.25) is 10.0 Å². The molecule has 0 atom stereocenters. The lowest BCUT2D eigenvalue weighted by Crippen LogP contribution is -2.01. The molecular formula is C10H6Cl2N4O2. The minimum atomic E-state index is -0.646. The number of aromatic nitrogens is 2. The van der Waals surface area contributed by atoms with Gasteiger partial charge in [-0.1, -0.05) is 23.2 Å². The van der Waals surface area contributed by atoms with Gasteiger partial charge < -0.3 is 15.8 Å². The lowest BCUT2D eigenvalue weighted by molar-refractivity contribution is -0.389. The summed E-state index contributed by atoms with van der Waals surface area (Å²) in [7, 11) is 0. The maximum Gasteiger partial charge on any atom is 0.390 e. The summed E-state index contributed by atoms with van der Waals surface area (Å²) in [6.07, 6.45) is 1.12. The summed E-state index contributed by atoms with van der Waals surface area (Å²) in [6.45, 7) is 0. The first-order chi connectivity index (χ1) is 8.49. The van der Waals surface area contributed by atoms with Gasteiger partial charge in [0.05, 0.1) is 5.02 Å². The van der Waals surface area contributed by atoms with Crippen molar-refractivity contribution in [2.24, 2.45) is 0 Å². The molecule has 1 heterocycles. The van der Waals surface area contributed by atoms with E-state index in [4.69, 9.17) is 28.9 Å². The fraction of sp³-hybridized carbons (Fsp3) is 0. The molecule has 92 valence electrons. The van der Waals surface area contributed by atoms with Crippen LogP contribution in [0.5, 0.6) is 0 Å². The number of nitrogen functional groups attached to an aromatic ring is 1. The number of nitrogens with two attached hydrogens (primary N) is 1. The van der Waals surface area contributed by atoms with Crippen LogP contribution in [0.1, 0.15) is 0 Å². The summed E-state index contributed by atoms with van der Waals surface area (Å²) in [6, 6.07) is 4.55. The number of hydrogen-bond acceptors (Lipinski definition) is 5. The van der Waals surface area contributed by atoms with Gasteiger partial charge in [0.25, 0.3) is 0 Å². The third-order valence-electron chi connectivity index (χ3n) is 2.13. The Balaban J connectivity index is 2.69. The highest BCUT2D eigenvalue weighted by Crippen LogP contribution is 2.33. The molecule has 6 nitrogen and oxygen atoms in total. The second-order valence-corrected chi connectivity index (χ2v) is 4.19. The Morgan fingerprint density at radius 3 is 2.67 bits per heavy atom. The molecule has 0 spiro atoms. The van der Waals surface area contributed by atoms with Crippen LogP contribution >= 0.6 is 23.2 Å². The summed E-state index contributed by atoms with van der Waals surface area (Å²) in [5.74, 6) is -0.338. The predicted molar refractivity (Wildman–Crippen MR) is 68.6 cm³/mol. The number of nitrogens with zero attached hydrogens (tertiary/aromatic N) is 3. The minimum Gasteiger partial charge on any atom is -0.381 e. The molecule has 0 saturated carbocycles. The van der Waals surface area contributed by atoms with Crippen molar-refractivity contribution >= 4 is 34.8 Å². The molecule has 0 fully saturated rings. The van der Waals surface area contributed by atoms with Crippen molar-refractivity contribution < 1.29 is 4.92 Å². The highest BCUT2D eigenvalue weighted by atomic mass is 35.5. The van der Waals surface area contributed by atoms with Crippen LogP contribution in [0.15, 0.2) is 24.4 Å². The Morgan fingerprint density at radius 1 is 1.33 bits per heavy atom. The fourth-order valence-electron chi connectivity index (χ4n) is 1.39. The highest BCUT2D eigenvalue weighted by molar-refractivity contribution is 6.36. The van der Waals surface area contributed by atoms with E-state index in [9.17, 15) is 10.1 Å². The first kappa shape index (κ1) is 12.5. The number of rotatable bonds is 2. The minimum absolute atomic E-state index is 0.0154. The van der Waals surface area contributed by atoms with E-state index in [-0.39, 0.29) is 16.5 Å². The maximum atomic E-state index is 10.9. The van der Waals surface area contributed by atoms with Gasteiger partial charge in [-0.2, -0.15) is 0 Å². The Hall–Kier alpha value is -1.92. The average molecular weight is 285 g/mol. The average Bonchev–Trinajstić information content (AvgIpc) is 2.28. The van der Waals surface area contributed by atoms with Crippen molar-refractivity contribution in [1.82, 2.24) is 9.97 Å². The molecule has 0 saturated heterocycles. The van der Waals surface area contributed by atoms with E-state index in [1.54, 1.807) is 6.07 Å². The number of nitro groups is 1. The third-order valence-corrected chi connectivity index (χ3v) is 2.68. The first-order valence-electron chi connectivity index (χ1n) is 4.71. The largest absolute Gasteiger partial charge is 0.390 e. The second kappa shape index (κ2) is 4.75. The van der Waals surface area contributed by atoms with Gasteiger partial charge in [-0.3, -0.25) is 0 Å². The van der Waals surface area contributed by atoms with Crippen LogP contribution < -0.4 is 5.73 Å². The summed E-state index contributed by atoms with van der Waals surface area (Å²) in [5, 5.41) is 11.5. The summed E-state index contributed by atoms with van der Waals surface area (Å²) < 4.78 is 0. The zero-order chi connectivity index (χ0) is 13.3. The van der Waals surface area contributed by atoms with Crippen LogP contribution in [0.4, 0.5) is 11.6 Å². The monoisotopic (exact) mass is 284 g/mol. The van der Waals surface area contributed by atoms with E-state index in [1.807, 2.05) is 0 Å². The Morgan fingerprint density at radius 2 is 2.06 bits per heavy atom. The topological polar surface area (TPSA) is 94.9 Å². The van der Waals surface area contributed by atoms with Crippen LogP contribution in [-0.2, 0) is 0 Å². The molecule has 0 aliphatic heterocycles. The third kappa shape index (κ3) is 2.34. The first-order valence-corrected chi connectivity index (χ1v) is 5.47. The molecule has 0 unspecified atom stereocenters. The predicted octanol–water partition coefficient (Wildman–Crippen LogP) is 2.94. The van der Waals surface area contributed by atoms with E-state index in [0.29, 0.717) is 10.6 Å². The lowest BCUT2D eigenvalue weighted by atomic mass is 10.1. The van der Waals surface area contributed by atoms with Gasteiger partial charge in [0.15, 0.2) is 17.7 Å². The van der Waals surface area contributed by atoms with Gasteiger partial charge in [-0.25, -0.2) is 4.98 Å². The van der Waals surface area contributed by atoms with Crippen molar-refractivity contribution in [3.63, 3.8) is 0 Å². The number of anilines is 1. The molecule has 0 amide bonds. The summed E-state index contributed by atoms with van der Waals surface area (Å²) in [4.78, 5) is 17.8. The molecule has 1 aromatic heterocycles. The van der Waals surface area contributed by atoms with Gasteiger partial charge in [-0.15, -0.1) is 0 Å². The van der Waals surface area contributed by atoms with Crippen LogP contribution in [0, 0.1) is 10.1 Å². The summed E-state index contributed by atoms with van der Waals surface area (Å²) in [5.41, 5.74) is 5.85. The van der Waals surface area contributed by atoms with Gasteiger partial charge in [-0.05, 0) is 28.1 Å². The Labute approximate surface area is 112 Å². The molecule has 0 aliphatic rings. The van der Waals surface area contributed by atoms with Crippen molar-refractivity contribution in [2.75, 3.05) is 5.73 Å². The maximum absolute atomic E-state index is 10.9. The van der Waals surface area contributed by atoms with Crippen molar-refractivity contribution in [3.05, 3.63) is 44.6 Å². The molecule has 1 aromatic carbocycles. The van der Waals surface area contributed by atoms with Gasteiger partial charge in [0.2, 0.25) is 0 Å². The quantitative estimate of drug-likeness (QED) is 0.676. The van der Waals surface area contributed by atoms with Crippen molar-refractivity contribution in [2.45, 2.75) is 0 Å². The smallest absolute Gasteiger partial charge is 0.381 e. The molecule has 2 N–H and O–H groups in total. The van der Waals surface area contributed by atoms with Crippen molar-refractivity contribution in [3.8, 4) is 11.3 Å².